The van der Waals surface area contributed by atoms with E-state index in [1.807, 2.05) is 4.68 Å². The van der Waals surface area contributed by atoms with Crippen LogP contribution >= 0.6 is 15.9 Å². The molecule has 102 valence electrons. The van der Waals surface area contributed by atoms with E-state index >= 15 is 0 Å². The molecule has 0 bridgehead atoms. The molecule has 19 heavy (non-hydrogen) atoms. The van der Waals surface area contributed by atoms with Crippen molar-refractivity contribution in [3.8, 4) is 0 Å². The molecule has 4 nitrogen and oxygen atoms in total. The molecule has 2 rings (SSSR count). The summed E-state index contributed by atoms with van der Waals surface area (Å²) in [5, 5.41) is 7.49. The number of aromatic nitrogens is 3. The zero-order valence-corrected chi connectivity index (χ0v) is 12.3. The van der Waals surface area contributed by atoms with Gasteiger partial charge in [0.2, 0.25) is 0 Å². The molecule has 0 fully saturated rings. The van der Waals surface area contributed by atoms with Crippen LogP contribution in [0.3, 0.4) is 0 Å². The topological polar surface area (TPSA) is 42.7 Å². The van der Waals surface area contributed by atoms with Crippen LogP contribution in [0.25, 0.3) is 0 Å². The Labute approximate surface area is 120 Å². The average molecular weight is 327 g/mol. The maximum absolute atomic E-state index is 13.2. The zero-order chi connectivity index (χ0) is 13.7. The summed E-state index contributed by atoms with van der Waals surface area (Å²) in [5.74, 6) is 0.626. The number of benzene rings is 1. The second kappa shape index (κ2) is 6.77. The summed E-state index contributed by atoms with van der Waals surface area (Å²) in [6.45, 7) is 4.35. The van der Waals surface area contributed by atoms with E-state index in [1.54, 1.807) is 18.5 Å². The lowest BCUT2D eigenvalue weighted by Gasteiger charge is -2.07. The molecule has 0 saturated carbocycles. The predicted octanol–water partition coefficient (Wildman–Crippen LogP) is 2.73. The normalized spacial score (nSPS) is 10.9. The van der Waals surface area contributed by atoms with Gasteiger partial charge in [-0.1, -0.05) is 13.0 Å². The molecule has 0 unspecified atom stereocenters. The second-order valence-electron chi connectivity index (χ2n) is 4.26. The van der Waals surface area contributed by atoms with Crippen molar-refractivity contribution in [1.82, 2.24) is 20.1 Å². The minimum Gasteiger partial charge on any atom is -0.310 e. The van der Waals surface area contributed by atoms with Gasteiger partial charge in [0, 0.05) is 0 Å². The summed E-state index contributed by atoms with van der Waals surface area (Å²) in [6, 6.07) is 4.97. The zero-order valence-electron chi connectivity index (χ0n) is 10.7. The van der Waals surface area contributed by atoms with Crippen molar-refractivity contribution in [2.45, 2.75) is 26.4 Å². The predicted molar refractivity (Wildman–Crippen MR) is 75.2 cm³/mol. The smallest absolute Gasteiger partial charge is 0.141 e. The van der Waals surface area contributed by atoms with Crippen LogP contribution < -0.4 is 5.32 Å². The molecule has 0 amide bonds. The van der Waals surface area contributed by atoms with E-state index in [4.69, 9.17) is 0 Å². The van der Waals surface area contributed by atoms with Crippen LogP contribution in [0.2, 0.25) is 0 Å². The molecule has 0 saturated heterocycles. The fraction of sp³-hybridized carbons (Fsp3) is 0.385. The lowest BCUT2D eigenvalue weighted by Crippen LogP contribution is -2.18. The molecule has 0 aliphatic carbocycles. The van der Waals surface area contributed by atoms with Gasteiger partial charge in [0.05, 0.1) is 17.6 Å². The molecular weight excluding hydrogens is 311 g/mol. The number of rotatable bonds is 6. The van der Waals surface area contributed by atoms with Gasteiger partial charge in [-0.2, -0.15) is 5.10 Å². The summed E-state index contributed by atoms with van der Waals surface area (Å²) >= 11 is 3.19. The van der Waals surface area contributed by atoms with Crippen molar-refractivity contribution in [3.05, 3.63) is 46.2 Å². The summed E-state index contributed by atoms with van der Waals surface area (Å²) in [4.78, 5) is 4.23. The maximum atomic E-state index is 13.2. The Morgan fingerprint density at radius 1 is 1.42 bits per heavy atom. The summed E-state index contributed by atoms with van der Waals surface area (Å²) in [6.07, 6.45) is 2.63. The lowest BCUT2D eigenvalue weighted by atomic mass is 10.2. The quantitative estimate of drug-likeness (QED) is 0.830. The van der Waals surface area contributed by atoms with Crippen LogP contribution in [-0.2, 0) is 13.1 Å². The van der Waals surface area contributed by atoms with Crippen LogP contribution in [0.4, 0.5) is 4.39 Å². The van der Waals surface area contributed by atoms with E-state index in [9.17, 15) is 4.39 Å². The van der Waals surface area contributed by atoms with Gasteiger partial charge in [-0.25, -0.2) is 14.1 Å². The van der Waals surface area contributed by atoms with E-state index in [0.29, 0.717) is 17.6 Å². The van der Waals surface area contributed by atoms with E-state index in [2.05, 4.69) is 38.3 Å². The highest BCUT2D eigenvalue weighted by molar-refractivity contribution is 9.10. The highest BCUT2D eigenvalue weighted by Crippen LogP contribution is 2.17. The first-order valence-corrected chi connectivity index (χ1v) is 7.01. The molecule has 0 atom stereocenters. The van der Waals surface area contributed by atoms with Gasteiger partial charge in [-0.05, 0) is 46.6 Å². The van der Waals surface area contributed by atoms with Crippen molar-refractivity contribution in [1.29, 1.82) is 0 Å². The summed E-state index contributed by atoms with van der Waals surface area (Å²) in [7, 11) is 0. The van der Waals surface area contributed by atoms with E-state index < -0.39 is 0 Å². The Morgan fingerprint density at radius 3 is 3.00 bits per heavy atom. The highest BCUT2D eigenvalue weighted by atomic mass is 79.9. The van der Waals surface area contributed by atoms with E-state index in [1.165, 1.54) is 6.07 Å². The number of nitrogens with one attached hydrogen (secondary N) is 1. The van der Waals surface area contributed by atoms with Crippen molar-refractivity contribution in [2.75, 3.05) is 6.54 Å². The van der Waals surface area contributed by atoms with Gasteiger partial charge < -0.3 is 5.32 Å². The standard InChI is InChI=1S/C13H16BrFN4/c1-2-5-16-7-13-17-9-18-19(13)8-10-3-4-12(15)11(14)6-10/h3-4,6,9,16H,2,5,7-8H2,1H3. The molecule has 0 aliphatic rings. The Kier molecular flexibility index (Phi) is 5.04. The molecule has 0 aliphatic heterocycles. The van der Waals surface area contributed by atoms with Crippen molar-refractivity contribution >= 4 is 15.9 Å². The monoisotopic (exact) mass is 326 g/mol. The molecule has 0 radical (unpaired) electrons. The molecule has 1 N–H and O–H groups in total. The number of hydrogen-bond donors (Lipinski definition) is 1. The Hall–Kier alpha value is -1.27. The number of halogens is 2. The molecule has 0 spiro atoms. The first-order chi connectivity index (χ1) is 9.20. The minimum absolute atomic E-state index is 0.257. The van der Waals surface area contributed by atoms with Crippen molar-refractivity contribution < 1.29 is 4.39 Å². The van der Waals surface area contributed by atoms with E-state index in [-0.39, 0.29) is 5.82 Å². The number of hydrogen-bond acceptors (Lipinski definition) is 3. The first kappa shape index (κ1) is 14.1. The fourth-order valence-corrected chi connectivity index (χ4v) is 2.17. The van der Waals surface area contributed by atoms with Crippen LogP contribution in [0.1, 0.15) is 24.7 Å². The third-order valence-electron chi connectivity index (χ3n) is 2.72. The Bertz CT molecular complexity index is 541. The molecule has 2 aromatic rings. The first-order valence-electron chi connectivity index (χ1n) is 6.22. The van der Waals surface area contributed by atoms with Gasteiger partial charge in [0.1, 0.15) is 18.0 Å². The van der Waals surface area contributed by atoms with E-state index in [0.717, 1.165) is 24.4 Å². The number of nitrogens with zero attached hydrogens (tertiary/aromatic N) is 3. The van der Waals surface area contributed by atoms with Crippen LogP contribution in [0.15, 0.2) is 29.0 Å². The van der Waals surface area contributed by atoms with Gasteiger partial charge in [-0.15, -0.1) is 0 Å². The SMILES string of the molecule is CCCNCc1ncnn1Cc1ccc(F)c(Br)c1. The van der Waals surface area contributed by atoms with Crippen molar-refractivity contribution in [3.63, 3.8) is 0 Å². The van der Waals surface area contributed by atoms with Crippen LogP contribution in [-0.4, -0.2) is 21.3 Å². The maximum Gasteiger partial charge on any atom is 0.141 e. The summed E-state index contributed by atoms with van der Waals surface area (Å²) < 4.78 is 15.5. The van der Waals surface area contributed by atoms with Gasteiger partial charge in [0.15, 0.2) is 0 Å². The molecule has 1 aromatic heterocycles. The Balaban J connectivity index is 2.06. The van der Waals surface area contributed by atoms with Crippen molar-refractivity contribution in [2.24, 2.45) is 0 Å². The largest absolute Gasteiger partial charge is 0.310 e. The van der Waals surface area contributed by atoms with Gasteiger partial charge in [-0.3, -0.25) is 0 Å². The highest BCUT2D eigenvalue weighted by Gasteiger charge is 2.06. The lowest BCUT2D eigenvalue weighted by molar-refractivity contribution is 0.580. The van der Waals surface area contributed by atoms with Crippen LogP contribution in [0, 0.1) is 5.82 Å². The molecule has 6 heteroatoms. The molecule has 1 aromatic carbocycles. The van der Waals surface area contributed by atoms with Crippen LogP contribution in [0.5, 0.6) is 0 Å². The second-order valence-corrected chi connectivity index (χ2v) is 5.11. The minimum atomic E-state index is -0.257. The average Bonchev–Trinajstić information content (AvgIpc) is 2.82. The van der Waals surface area contributed by atoms with Gasteiger partial charge in [0.25, 0.3) is 0 Å². The molecular formula is C13H16BrFN4. The Morgan fingerprint density at radius 2 is 2.26 bits per heavy atom. The fourth-order valence-electron chi connectivity index (χ4n) is 1.74. The summed E-state index contributed by atoms with van der Waals surface area (Å²) in [5.41, 5.74) is 0.982. The van der Waals surface area contributed by atoms with Gasteiger partial charge >= 0.3 is 0 Å². The third kappa shape index (κ3) is 3.84. The third-order valence-corrected chi connectivity index (χ3v) is 3.33. The molecule has 1 heterocycles.